The third-order valence-electron chi connectivity index (χ3n) is 3.84. The average molecular weight is 328 g/mol. The predicted molar refractivity (Wildman–Crippen MR) is 93.9 cm³/mol. The highest BCUT2D eigenvalue weighted by Gasteiger charge is 2.22. The molecule has 0 atom stereocenters. The van der Waals surface area contributed by atoms with Crippen molar-refractivity contribution in [2.24, 2.45) is 0 Å². The van der Waals surface area contributed by atoms with E-state index >= 15 is 0 Å². The van der Waals surface area contributed by atoms with Crippen molar-refractivity contribution in [3.63, 3.8) is 0 Å². The van der Waals surface area contributed by atoms with E-state index in [2.05, 4.69) is 10.3 Å². The van der Waals surface area contributed by atoms with Crippen molar-refractivity contribution in [2.75, 3.05) is 13.2 Å². The first-order chi connectivity index (χ1) is 11.4. The Morgan fingerprint density at radius 3 is 2.62 bits per heavy atom. The Morgan fingerprint density at radius 1 is 1.21 bits per heavy atom. The van der Waals surface area contributed by atoms with E-state index < -0.39 is 0 Å². The van der Waals surface area contributed by atoms with Crippen LogP contribution in [0.1, 0.15) is 51.0 Å². The van der Waals surface area contributed by atoms with Crippen LogP contribution < -0.4 is 10.1 Å². The molecule has 1 heterocycles. The molecule has 0 saturated carbocycles. The summed E-state index contributed by atoms with van der Waals surface area (Å²) in [4.78, 5) is 27.7. The van der Waals surface area contributed by atoms with Crippen LogP contribution in [-0.4, -0.2) is 29.8 Å². The fraction of sp³-hybridized carbons (Fsp3) is 0.368. The van der Waals surface area contributed by atoms with E-state index in [1.54, 1.807) is 13.8 Å². The van der Waals surface area contributed by atoms with Gasteiger partial charge in [-0.2, -0.15) is 0 Å². The van der Waals surface area contributed by atoms with Crippen LogP contribution in [-0.2, 0) is 0 Å². The molecule has 0 spiro atoms. The van der Waals surface area contributed by atoms with Gasteiger partial charge in [0.15, 0.2) is 6.61 Å². The van der Waals surface area contributed by atoms with Crippen LogP contribution >= 0.6 is 0 Å². The largest absolute Gasteiger partial charge is 0.485 e. The van der Waals surface area contributed by atoms with Gasteiger partial charge in [0.1, 0.15) is 11.4 Å². The maximum absolute atomic E-state index is 12.5. The first-order valence-electron chi connectivity index (χ1n) is 8.14. The lowest BCUT2D eigenvalue weighted by atomic mass is 10.1. The molecule has 2 aromatic rings. The summed E-state index contributed by atoms with van der Waals surface area (Å²) < 4.78 is 5.58. The molecule has 24 heavy (non-hydrogen) atoms. The quantitative estimate of drug-likeness (QED) is 0.766. The van der Waals surface area contributed by atoms with Crippen molar-refractivity contribution in [1.29, 1.82) is 0 Å². The van der Waals surface area contributed by atoms with Crippen molar-refractivity contribution in [1.82, 2.24) is 10.3 Å². The normalized spacial score (nSPS) is 10.5. The topological polar surface area (TPSA) is 71.2 Å². The van der Waals surface area contributed by atoms with Gasteiger partial charge >= 0.3 is 0 Å². The number of hydrogen-bond donors (Lipinski definition) is 2. The summed E-state index contributed by atoms with van der Waals surface area (Å²) in [5.41, 5.74) is 3.40. The molecule has 2 N–H and O–H groups in total. The zero-order chi connectivity index (χ0) is 17.7. The monoisotopic (exact) mass is 328 g/mol. The Balaban J connectivity index is 2.12. The summed E-state index contributed by atoms with van der Waals surface area (Å²) >= 11 is 0. The summed E-state index contributed by atoms with van der Waals surface area (Å²) in [6.45, 7) is 8.09. The first-order valence-corrected chi connectivity index (χ1v) is 8.14. The lowest BCUT2D eigenvalue weighted by molar-refractivity contribution is 0.0920. The molecule has 0 aliphatic carbocycles. The molecule has 5 nitrogen and oxygen atoms in total. The molecular formula is C19H24N2O3. The van der Waals surface area contributed by atoms with Gasteiger partial charge in [-0.3, -0.25) is 9.59 Å². The summed E-state index contributed by atoms with van der Waals surface area (Å²) in [5.74, 6) is 0.337. The van der Waals surface area contributed by atoms with Crippen molar-refractivity contribution < 1.29 is 14.3 Å². The zero-order valence-corrected chi connectivity index (χ0v) is 14.7. The Kier molecular flexibility index (Phi) is 5.79. The number of aromatic amines is 1. The second-order valence-electron chi connectivity index (χ2n) is 5.91. The minimum atomic E-state index is -0.184. The minimum Gasteiger partial charge on any atom is -0.485 e. The van der Waals surface area contributed by atoms with E-state index in [-0.39, 0.29) is 18.3 Å². The van der Waals surface area contributed by atoms with Crippen LogP contribution in [0, 0.1) is 20.8 Å². The number of rotatable bonds is 7. The lowest BCUT2D eigenvalue weighted by Crippen LogP contribution is -2.25. The first kappa shape index (κ1) is 17.8. The van der Waals surface area contributed by atoms with Gasteiger partial charge in [0, 0.05) is 17.8 Å². The Labute approximate surface area is 142 Å². The second-order valence-corrected chi connectivity index (χ2v) is 5.91. The van der Waals surface area contributed by atoms with Crippen LogP contribution in [0.3, 0.4) is 0 Å². The molecule has 1 amide bonds. The lowest BCUT2D eigenvalue weighted by Gasteiger charge is -2.07. The third kappa shape index (κ3) is 4.04. The number of aryl methyl sites for hydroxylation is 2. The number of aromatic nitrogens is 1. The standard InChI is InChI=1S/C19H24N2O3/c1-5-9-20-19(23)18-13(3)17(14(4)21-18)16(22)11-24-15-8-6-7-12(2)10-15/h6-8,10,21H,5,9,11H2,1-4H3,(H,20,23). The van der Waals surface area contributed by atoms with Crippen LogP contribution in [0.15, 0.2) is 24.3 Å². The molecule has 0 bridgehead atoms. The van der Waals surface area contributed by atoms with Gasteiger partial charge in [0.05, 0.1) is 0 Å². The van der Waals surface area contributed by atoms with Gasteiger partial charge < -0.3 is 15.0 Å². The van der Waals surface area contributed by atoms with Gasteiger partial charge in [-0.1, -0.05) is 19.1 Å². The number of benzene rings is 1. The number of carbonyl (C=O) groups is 2. The number of hydrogen-bond acceptors (Lipinski definition) is 3. The van der Waals surface area contributed by atoms with E-state index in [0.717, 1.165) is 12.0 Å². The van der Waals surface area contributed by atoms with Crippen LogP contribution in [0.4, 0.5) is 0 Å². The van der Waals surface area contributed by atoms with E-state index in [9.17, 15) is 9.59 Å². The van der Waals surface area contributed by atoms with Gasteiger partial charge in [0.25, 0.3) is 5.91 Å². The summed E-state index contributed by atoms with van der Waals surface area (Å²) in [7, 11) is 0. The fourth-order valence-electron chi connectivity index (χ4n) is 2.65. The van der Waals surface area contributed by atoms with Gasteiger partial charge in [-0.25, -0.2) is 0 Å². The molecule has 5 heteroatoms. The van der Waals surface area contributed by atoms with Gasteiger partial charge in [0.2, 0.25) is 5.78 Å². The average Bonchev–Trinajstić information content (AvgIpc) is 2.85. The molecule has 0 unspecified atom stereocenters. The number of ether oxygens (including phenoxy) is 1. The maximum atomic E-state index is 12.5. The predicted octanol–water partition coefficient (Wildman–Crippen LogP) is 3.34. The molecule has 2 rings (SSSR count). The highest BCUT2D eigenvalue weighted by Crippen LogP contribution is 2.20. The highest BCUT2D eigenvalue weighted by molar-refractivity contribution is 6.04. The maximum Gasteiger partial charge on any atom is 0.268 e. The molecule has 1 aromatic heterocycles. The Bertz CT molecular complexity index is 747. The second kappa shape index (κ2) is 7.81. The van der Waals surface area contributed by atoms with Crippen molar-refractivity contribution in [3.05, 3.63) is 52.3 Å². The van der Waals surface area contributed by atoms with Crippen molar-refractivity contribution in [2.45, 2.75) is 34.1 Å². The molecule has 0 radical (unpaired) electrons. The summed E-state index contributed by atoms with van der Waals surface area (Å²) in [6.07, 6.45) is 0.862. The smallest absolute Gasteiger partial charge is 0.268 e. The van der Waals surface area contributed by atoms with Crippen LogP contribution in [0.25, 0.3) is 0 Å². The SMILES string of the molecule is CCCNC(=O)c1[nH]c(C)c(C(=O)COc2cccc(C)c2)c1C. The number of Topliss-reactive ketones (excluding diaryl/α,β-unsaturated/α-hetero) is 1. The summed E-state index contributed by atoms with van der Waals surface area (Å²) in [5, 5.41) is 2.82. The Hall–Kier alpha value is -2.56. The van der Waals surface area contributed by atoms with Crippen molar-refractivity contribution >= 4 is 11.7 Å². The molecule has 128 valence electrons. The highest BCUT2D eigenvalue weighted by atomic mass is 16.5. The number of ketones is 1. The molecule has 0 aliphatic heterocycles. The van der Waals surface area contributed by atoms with E-state index in [1.165, 1.54) is 0 Å². The molecule has 0 fully saturated rings. The van der Waals surface area contributed by atoms with E-state index in [1.807, 2.05) is 38.1 Å². The number of carbonyl (C=O) groups excluding carboxylic acids is 2. The fourth-order valence-corrected chi connectivity index (χ4v) is 2.65. The van der Waals surface area contributed by atoms with Gasteiger partial charge in [-0.05, 0) is 50.5 Å². The van der Waals surface area contributed by atoms with Crippen molar-refractivity contribution in [3.8, 4) is 5.75 Å². The molecule has 1 aromatic carbocycles. The molecule has 0 aliphatic rings. The number of H-pyrrole nitrogens is 1. The zero-order valence-electron chi connectivity index (χ0n) is 14.7. The van der Waals surface area contributed by atoms with E-state index in [4.69, 9.17) is 4.74 Å². The third-order valence-corrected chi connectivity index (χ3v) is 3.84. The van der Waals surface area contributed by atoms with Crippen LogP contribution in [0.5, 0.6) is 5.75 Å². The van der Waals surface area contributed by atoms with Crippen LogP contribution in [0.2, 0.25) is 0 Å². The molecule has 0 saturated heterocycles. The van der Waals surface area contributed by atoms with E-state index in [0.29, 0.717) is 34.8 Å². The molecular weight excluding hydrogens is 304 g/mol. The van der Waals surface area contributed by atoms with Gasteiger partial charge in [-0.15, -0.1) is 0 Å². The Morgan fingerprint density at radius 2 is 1.96 bits per heavy atom. The number of nitrogens with one attached hydrogen (secondary N) is 2. The minimum absolute atomic E-state index is 0.0565. The number of amides is 1. The summed E-state index contributed by atoms with van der Waals surface area (Å²) in [6, 6.07) is 7.56.